The van der Waals surface area contributed by atoms with Crippen LogP contribution in [-0.2, 0) is 51.2 Å². The first kappa shape index (κ1) is 17.1. The molecule has 0 heterocycles. The van der Waals surface area contributed by atoms with Crippen LogP contribution in [0, 0.1) is 20.2 Å². The van der Waals surface area contributed by atoms with Crippen LogP contribution in [0.5, 0.6) is 11.5 Å². The molecule has 10 heteroatoms. The Hall–Kier alpha value is -1.29. The van der Waals surface area contributed by atoms with Gasteiger partial charge in [-0.15, -0.1) is 0 Å². The second-order valence-corrected chi connectivity index (χ2v) is 12.5. The van der Waals surface area contributed by atoms with Crippen molar-refractivity contribution in [3.05, 3.63) is 56.6 Å². The molecule has 0 aliphatic rings. The molecule has 0 aliphatic carbocycles. The van der Waals surface area contributed by atoms with Gasteiger partial charge in [-0.1, -0.05) is 0 Å². The Kier molecular flexibility index (Phi) is 5.68. The standard InChI is InChI=1S/2C6H4NO3.2Hg/c2*8-6-4-2-1-3-5(6)7(9)10;;/h2*1-2,4,8H;;/q;;;+1/p-1. The molecule has 0 aliphatic heterocycles. The van der Waals surface area contributed by atoms with Crippen LogP contribution in [-0.4, -0.2) is 15.0 Å². The number of aromatic hydroxyl groups is 1. The Labute approximate surface area is 153 Å². The molecular weight excluding hydrogens is 669 g/mol. The van der Waals surface area contributed by atoms with E-state index in [-0.39, 0.29) is 43.2 Å². The fraction of sp³-hybridized carbons (Fsp3) is 0. The van der Waals surface area contributed by atoms with Crippen LogP contribution in [0.4, 0.5) is 11.4 Å². The third-order valence-electron chi connectivity index (χ3n) is 2.93. The second-order valence-electron chi connectivity index (χ2n) is 4.35. The number of phenolic OH excluding ortho intramolecular Hbond substituents is 1. The topological polar surface area (TPSA) is 116 Å². The third kappa shape index (κ3) is 3.72. The van der Waals surface area contributed by atoms with E-state index in [2.05, 4.69) is 0 Å². The van der Waals surface area contributed by atoms with Gasteiger partial charge in [0, 0.05) is 0 Å². The van der Waals surface area contributed by atoms with E-state index in [4.69, 9.17) is 2.64 Å². The Morgan fingerprint density at radius 3 is 2.32 bits per heavy atom. The molecule has 0 saturated carbocycles. The summed E-state index contributed by atoms with van der Waals surface area (Å²) in [6.45, 7) is 0. The molecule has 2 aromatic carbocycles. The summed E-state index contributed by atoms with van der Waals surface area (Å²) in [7, 11) is 0. The summed E-state index contributed by atoms with van der Waals surface area (Å²) in [6, 6.07) is 9.12. The van der Waals surface area contributed by atoms with Crippen LogP contribution in [0.3, 0.4) is 0 Å². The molecule has 2 aromatic rings. The van der Waals surface area contributed by atoms with Crippen LogP contribution < -0.4 is 8.79 Å². The molecule has 1 N–H and O–H groups in total. The minimum atomic E-state index is -2.50. The Morgan fingerprint density at radius 2 is 1.68 bits per heavy atom. The molecular formula is C12H7Hg2N2O6. The van der Waals surface area contributed by atoms with Gasteiger partial charge in [0.2, 0.25) is 0 Å². The van der Waals surface area contributed by atoms with Gasteiger partial charge in [-0.3, -0.25) is 0 Å². The van der Waals surface area contributed by atoms with Crippen molar-refractivity contribution in [2.45, 2.75) is 0 Å². The van der Waals surface area contributed by atoms with Gasteiger partial charge in [0.05, 0.1) is 0 Å². The zero-order valence-electron chi connectivity index (χ0n) is 11.3. The van der Waals surface area contributed by atoms with Crippen molar-refractivity contribution in [3.8, 4) is 11.5 Å². The number of nitro benzene ring substituents is 2. The fourth-order valence-electron chi connectivity index (χ4n) is 1.95. The number of nitro groups is 2. The van der Waals surface area contributed by atoms with E-state index < -0.39 is 40.6 Å². The molecule has 0 atom stereocenters. The van der Waals surface area contributed by atoms with Gasteiger partial charge >= 0.3 is 154 Å². The molecule has 0 bridgehead atoms. The van der Waals surface area contributed by atoms with Crippen LogP contribution >= 0.6 is 0 Å². The van der Waals surface area contributed by atoms with Crippen molar-refractivity contribution < 1.29 is 68.8 Å². The molecule has 0 amide bonds. The van der Waals surface area contributed by atoms with Crippen molar-refractivity contribution in [3.63, 3.8) is 0 Å². The summed E-state index contributed by atoms with van der Waals surface area (Å²) in [5, 5.41) is 31.7. The maximum atomic E-state index is 11.1. The van der Waals surface area contributed by atoms with E-state index in [9.17, 15) is 25.3 Å². The first-order valence-corrected chi connectivity index (χ1v) is 13.8. The fourth-order valence-corrected chi connectivity index (χ4v) is 8.42. The van der Waals surface area contributed by atoms with Crippen molar-refractivity contribution in [2.24, 2.45) is 0 Å². The average molecular weight is 676 g/mol. The number of nitrogens with zero attached hydrogens (tertiary/aromatic N) is 2. The summed E-state index contributed by atoms with van der Waals surface area (Å²) < 4.78 is 6.63. The second kappa shape index (κ2) is 7.32. The quantitative estimate of drug-likeness (QED) is 0.288. The molecule has 2 rings (SSSR count). The van der Waals surface area contributed by atoms with E-state index >= 15 is 0 Å². The monoisotopic (exact) mass is 679 g/mol. The maximum absolute atomic E-state index is 11.1. The molecule has 22 heavy (non-hydrogen) atoms. The summed E-state index contributed by atoms with van der Waals surface area (Å²) >= 11 is -2.44. The number of benzene rings is 2. The van der Waals surface area contributed by atoms with E-state index in [1.54, 1.807) is 12.1 Å². The Morgan fingerprint density at radius 1 is 1.05 bits per heavy atom. The van der Waals surface area contributed by atoms with Crippen LogP contribution in [0.1, 0.15) is 0 Å². The Balaban J connectivity index is 2.33. The molecule has 8 nitrogen and oxygen atoms in total. The molecule has 0 spiro atoms. The summed E-state index contributed by atoms with van der Waals surface area (Å²) in [5.41, 5.74) is -0.411. The van der Waals surface area contributed by atoms with E-state index in [0.29, 0.717) is 6.14 Å². The summed E-state index contributed by atoms with van der Waals surface area (Å²) in [6.07, 6.45) is 0. The van der Waals surface area contributed by atoms with Gasteiger partial charge in [-0.05, 0) is 0 Å². The predicted molar refractivity (Wildman–Crippen MR) is 67.8 cm³/mol. The number of hydrogen-bond donors (Lipinski definition) is 1. The predicted octanol–water partition coefficient (Wildman–Crippen LogP) is 1.08. The summed E-state index contributed by atoms with van der Waals surface area (Å²) in [4.78, 5) is 21.0. The third-order valence-corrected chi connectivity index (χ3v) is 10.3. The first-order chi connectivity index (χ1) is 10.4. The molecule has 0 radical (unpaired) electrons. The number of phenols is 1. The van der Waals surface area contributed by atoms with Gasteiger partial charge in [0.1, 0.15) is 0 Å². The van der Waals surface area contributed by atoms with Gasteiger partial charge < -0.3 is 0 Å². The van der Waals surface area contributed by atoms with Gasteiger partial charge in [-0.25, -0.2) is 0 Å². The average Bonchev–Trinajstić information content (AvgIpc) is 2.44. The van der Waals surface area contributed by atoms with Crippen molar-refractivity contribution >= 4 is 17.5 Å². The van der Waals surface area contributed by atoms with Crippen LogP contribution in [0.25, 0.3) is 0 Å². The molecule has 0 saturated heterocycles. The van der Waals surface area contributed by atoms with Gasteiger partial charge in [0.15, 0.2) is 0 Å². The van der Waals surface area contributed by atoms with E-state index in [1.165, 1.54) is 24.3 Å². The molecule has 0 fully saturated rings. The number of para-hydroxylation sites is 2. The zero-order valence-corrected chi connectivity index (χ0v) is 22.3. The zero-order chi connectivity index (χ0) is 16.3. The minimum absolute atomic E-state index is 0.0476. The van der Waals surface area contributed by atoms with Crippen LogP contribution in [0.15, 0.2) is 36.4 Å². The van der Waals surface area contributed by atoms with Crippen molar-refractivity contribution in [1.82, 2.24) is 0 Å². The first-order valence-electron chi connectivity index (χ1n) is 6.09. The van der Waals surface area contributed by atoms with Crippen molar-refractivity contribution in [2.75, 3.05) is 0 Å². The van der Waals surface area contributed by atoms with Gasteiger partial charge in [0.25, 0.3) is 0 Å². The normalized spacial score (nSPS) is 9.91. The molecule has 105 valence electrons. The molecule has 0 aromatic heterocycles. The SMILES string of the molecule is O=[N+]([O-])c1[c]([Hg])cccc1[O][Hg][c]1cccc(O)c1[N+](=O)[O-]. The summed E-state index contributed by atoms with van der Waals surface area (Å²) in [5.74, 6) is -0.253. The van der Waals surface area contributed by atoms with Crippen LogP contribution in [0.2, 0.25) is 0 Å². The van der Waals surface area contributed by atoms with Crippen molar-refractivity contribution in [1.29, 1.82) is 0 Å². The molecule has 0 unspecified atom stereocenters. The number of rotatable bonds is 5. The van der Waals surface area contributed by atoms with E-state index in [1.807, 2.05) is 0 Å². The number of hydrogen-bond acceptors (Lipinski definition) is 6. The van der Waals surface area contributed by atoms with E-state index in [0.717, 1.165) is 0 Å². The Bertz CT molecular complexity index is 689. The van der Waals surface area contributed by atoms with Gasteiger partial charge in [-0.2, -0.15) is 0 Å².